The predicted molar refractivity (Wildman–Crippen MR) is 50.1 cm³/mol. The minimum absolute atomic E-state index is 0.0205. The molecule has 1 fully saturated rings. The first-order valence-corrected chi connectivity index (χ1v) is 4.60. The monoisotopic (exact) mass is 184 g/mol. The molecule has 2 N–H and O–H groups in total. The number of hydrogen-bond donors (Lipinski definition) is 2. The van der Waals surface area contributed by atoms with Crippen LogP contribution in [0.25, 0.3) is 0 Å². The molecule has 3 heteroatoms. The summed E-state index contributed by atoms with van der Waals surface area (Å²) >= 11 is 0. The molecule has 1 saturated heterocycles. The molecule has 0 aromatic carbocycles. The maximum atomic E-state index is 9.17. The maximum Gasteiger partial charge on any atom is 0.155 e. The third-order valence-electron chi connectivity index (χ3n) is 1.95. The summed E-state index contributed by atoms with van der Waals surface area (Å²) < 4.78 is 5.24. The zero-order chi connectivity index (χ0) is 9.52. The average Bonchev–Trinajstić information content (AvgIpc) is 2.13. The van der Waals surface area contributed by atoms with Crippen molar-refractivity contribution < 1.29 is 14.9 Å². The van der Waals surface area contributed by atoms with Crippen LogP contribution in [0.15, 0.2) is 24.3 Å². The van der Waals surface area contributed by atoms with Gasteiger partial charge >= 0.3 is 0 Å². The van der Waals surface area contributed by atoms with Crippen molar-refractivity contribution in [2.75, 3.05) is 6.61 Å². The van der Waals surface area contributed by atoms with Gasteiger partial charge in [-0.1, -0.05) is 24.3 Å². The van der Waals surface area contributed by atoms with Gasteiger partial charge in [-0.05, 0) is 19.3 Å². The van der Waals surface area contributed by atoms with E-state index in [9.17, 15) is 0 Å². The van der Waals surface area contributed by atoms with Crippen LogP contribution in [0.4, 0.5) is 0 Å². The van der Waals surface area contributed by atoms with E-state index in [1.54, 1.807) is 12.2 Å². The number of ether oxygens (including phenoxy) is 1. The Balaban J connectivity index is 2.27. The first-order valence-electron chi connectivity index (χ1n) is 4.60. The van der Waals surface area contributed by atoms with E-state index in [0.717, 1.165) is 19.3 Å². The molecule has 1 aliphatic heterocycles. The fourth-order valence-electron chi connectivity index (χ4n) is 1.30. The van der Waals surface area contributed by atoms with Crippen molar-refractivity contribution in [2.45, 2.75) is 31.7 Å². The van der Waals surface area contributed by atoms with E-state index in [1.165, 1.54) is 0 Å². The molecule has 1 heterocycles. The van der Waals surface area contributed by atoms with E-state index >= 15 is 0 Å². The molecular formula is C10H16O3. The third-order valence-corrected chi connectivity index (χ3v) is 1.95. The SMILES string of the molecule is OC/C=C/C=C\[C@@H]1CCC[C@@H](O)O1. The van der Waals surface area contributed by atoms with Crippen molar-refractivity contribution in [2.24, 2.45) is 0 Å². The molecule has 1 aliphatic rings. The summed E-state index contributed by atoms with van der Waals surface area (Å²) in [5, 5.41) is 17.6. The summed E-state index contributed by atoms with van der Waals surface area (Å²) in [6.07, 6.45) is 9.25. The first-order chi connectivity index (χ1) is 6.33. The number of rotatable bonds is 3. The maximum absolute atomic E-state index is 9.17. The van der Waals surface area contributed by atoms with Gasteiger partial charge in [0.2, 0.25) is 0 Å². The molecule has 0 spiro atoms. The largest absolute Gasteiger partial charge is 0.392 e. The van der Waals surface area contributed by atoms with Crippen molar-refractivity contribution in [1.82, 2.24) is 0 Å². The predicted octanol–water partition coefficient (Wildman–Crippen LogP) is 0.979. The number of hydrogen-bond acceptors (Lipinski definition) is 3. The third kappa shape index (κ3) is 4.22. The minimum Gasteiger partial charge on any atom is -0.392 e. The fraction of sp³-hybridized carbons (Fsp3) is 0.600. The van der Waals surface area contributed by atoms with Gasteiger partial charge in [-0.2, -0.15) is 0 Å². The highest BCUT2D eigenvalue weighted by molar-refractivity contribution is 5.05. The molecule has 1 rings (SSSR count). The zero-order valence-corrected chi connectivity index (χ0v) is 7.60. The summed E-state index contributed by atoms with van der Waals surface area (Å²) in [4.78, 5) is 0. The summed E-state index contributed by atoms with van der Waals surface area (Å²) in [5.41, 5.74) is 0. The Labute approximate surface area is 78.3 Å². The van der Waals surface area contributed by atoms with E-state index in [-0.39, 0.29) is 12.7 Å². The van der Waals surface area contributed by atoms with E-state index in [2.05, 4.69) is 0 Å². The van der Waals surface area contributed by atoms with Gasteiger partial charge in [0.15, 0.2) is 6.29 Å². The molecule has 0 bridgehead atoms. The van der Waals surface area contributed by atoms with E-state index < -0.39 is 6.29 Å². The van der Waals surface area contributed by atoms with Crippen molar-refractivity contribution in [3.05, 3.63) is 24.3 Å². The van der Waals surface area contributed by atoms with E-state index in [4.69, 9.17) is 14.9 Å². The second-order valence-corrected chi connectivity index (χ2v) is 3.06. The lowest BCUT2D eigenvalue weighted by atomic mass is 10.1. The summed E-state index contributed by atoms with van der Waals surface area (Å²) in [5.74, 6) is 0. The average molecular weight is 184 g/mol. The molecule has 0 unspecified atom stereocenters. The lowest BCUT2D eigenvalue weighted by molar-refractivity contribution is -0.147. The smallest absolute Gasteiger partial charge is 0.155 e. The minimum atomic E-state index is -0.606. The lowest BCUT2D eigenvalue weighted by Crippen LogP contribution is -2.25. The van der Waals surface area contributed by atoms with Crippen LogP contribution in [0.3, 0.4) is 0 Å². The van der Waals surface area contributed by atoms with Crippen LogP contribution in [0, 0.1) is 0 Å². The van der Waals surface area contributed by atoms with E-state index in [1.807, 2.05) is 12.2 Å². The second-order valence-electron chi connectivity index (χ2n) is 3.06. The molecule has 0 radical (unpaired) electrons. The van der Waals surface area contributed by atoms with Gasteiger partial charge in [-0.25, -0.2) is 0 Å². The Hall–Kier alpha value is -0.640. The Morgan fingerprint density at radius 1 is 1.31 bits per heavy atom. The molecule has 0 amide bonds. The molecule has 0 aromatic rings. The fourth-order valence-corrected chi connectivity index (χ4v) is 1.30. The first kappa shape index (κ1) is 10.4. The van der Waals surface area contributed by atoms with Crippen LogP contribution in [-0.2, 0) is 4.74 Å². The highest BCUT2D eigenvalue weighted by Crippen LogP contribution is 2.17. The number of aliphatic hydroxyl groups is 2. The quantitative estimate of drug-likeness (QED) is 0.643. The normalized spacial score (nSPS) is 30.3. The molecule has 0 aromatic heterocycles. The molecule has 0 aliphatic carbocycles. The summed E-state index contributed by atoms with van der Waals surface area (Å²) in [7, 11) is 0. The molecule has 2 atom stereocenters. The standard InChI is InChI=1S/C10H16O3/c11-8-3-1-2-5-9-6-4-7-10(12)13-9/h1-3,5,9-12H,4,6-8H2/b3-1+,5-2-/t9-,10+/m1/s1. The van der Waals surface area contributed by atoms with Crippen LogP contribution in [0.2, 0.25) is 0 Å². The van der Waals surface area contributed by atoms with Gasteiger partial charge in [0.25, 0.3) is 0 Å². The van der Waals surface area contributed by atoms with Crippen molar-refractivity contribution >= 4 is 0 Å². The van der Waals surface area contributed by atoms with Gasteiger partial charge in [0, 0.05) is 0 Å². The number of aliphatic hydroxyl groups excluding tert-OH is 2. The van der Waals surface area contributed by atoms with Gasteiger partial charge < -0.3 is 14.9 Å². The van der Waals surface area contributed by atoms with Gasteiger partial charge in [-0.15, -0.1) is 0 Å². The van der Waals surface area contributed by atoms with Crippen LogP contribution >= 0.6 is 0 Å². The second kappa shape index (κ2) is 5.91. The highest BCUT2D eigenvalue weighted by atomic mass is 16.6. The Morgan fingerprint density at radius 3 is 2.85 bits per heavy atom. The van der Waals surface area contributed by atoms with Gasteiger partial charge in [-0.3, -0.25) is 0 Å². The van der Waals surface area contributed by atoms with E-state index in [0.29, 0.717) is 0 Å². The lowest BCUT2D eigenvalue weighted by Gasteiger charge is -2.24. The van der Waals surface area contributed by atoms with Crippen molar-refractivity contribution in [3.63, 3.8) is 0 Å². The molecule has 3 nitrogen and oxygen atoms in total. The Morgan fingerprint density at radius 2 is 2.15 bits per heavy atom. The molecule has 74 valence electrons. The summed E-state index contributed by atoms with van der Waals surface area (Å²) in [6.45, 7) is 0.0541. The zero-order valence-electron chi connectivity index (χ0n) is 7.60. The van der Waals surface area contributed by atoms with Gasteiger partial charge in [0.1, 0.15) is 0 Å². The van der Waals surface area contributed by atoms with Crippen LogP contribution in [-0.4, -0.2) is 29.2 Å². The Kier molecular flexibility index (Phi) is 4.75. The topological polar surface area (TPSA) is 49.7 Å². The highest BCUT2D eigenvalue weighted by Gasteiger charge is 2.17. The molecule has 0 saturated carbocycles. The van der Waals surface area contributed by atoms with Crippen LogP contribution in [0.1, 0.15) is 19.3 Å². The van der Waals surface area contributed by atoms with Crippen molar-refractivity contribution in [3.8, 4) is 0 Å². The number of allylic oxidation sites excluding steroid dienone is 2. The summed E-state index contributed by atoms with van der Waals surface area (Å²) in [6, 6.07) is 0. The van der Waals surface area contributed by atoms with Crippen LogP contribution < -0.4 is 0 Å². The van der Waals surface area contributed by atoms with Gasteiger partial charge in [0.05, 0.1) is 12.7 Å². The van der Waals surface area contributed by atoms with Crippen molar-refractivity contribution in [1.29, 1.82) is 0 Å². The molecule has 13 heavy (non-hydrogen) atoms. The Bertz CT molecular complexity index is 187. The molecular weight excluding hydrogens is 168 g/mol. The van der Waals surface area contributed by atoms with Crippen LogP contribution in [0.5, 0.6) is 0 Å².